The molecule has 2 unspecified atom stereocenters. The molecule has 0 saturated heterocycles. The lowest BCUT2D eigenvalue weighted by Crippen LogP contribution is -2.29. The van der Waals surface area contributed by atoms with Crippen molar-refractivity contribution in [3.8, 4) is 0 Å². The predicted octanol–water partition coefficient (Wildman–Crippen LogP) is 16.4. The number of hydrogen-bond donors (Lipinski definition) is 1. The van der Waals surface area contributed by atoms with Gasteiger partial charge in [-0.2, -0.15) is 0 Å². The maximum Gasteiger partial charge on any atom is 0.472 e. The van der Waals surface area contributed by atoms with E-state index in [2.05, 4.69) is 30.5 Å². The van der Waals surface area contributed by atoms with Crippen molar-refractivity contribution in [1.29, 1.82) is 0 Å². The van der Waals surface area contributed by atoms with Crippen molar-refractivity contribution in [3.63, 3.8) is 0 Å². The first-order chi connectivity index (χ1) is 28.8. The Bertz CT molecular complexity index is 973. The van der Waals surface area contributed by atoms with Crippen molar-refractivity contribution in [2.75, 3.05) is 20.3 Å². The molecule has 2 atom stereocenters. The van der Waals surface area contributed by atoms with Crippen LogP contribution in [0.1, 0.15) is 271 Å². The maximum absolute atomic E-state index is 12.6. The lowest BCUT2D eigenvalue weighted by atomic mass is 10.0. The van der Waals surface area contributed by atoms with Gasteiger partial charge >= 0.3 is 19.8 Å². The van der Waals surface area contributed by atoms with Gasteiger partial charge in [0.25, 0.3) is 0 Å². The van der Waals surface area contributed by atoms with Crippen LogP contribution >= 0.6 is 7.82 Å². The van der Waals surface area contributed by atoms with E-state index in [1.54, 1.807) is 0 Å². The standard InChI is InChI=1S/C50H97O8P/c1-4-6-8-10-12-14-16-18-20-22-24-25-27-28-30-32-34-36-38-40-42-44-49(51)56-46-48(47-57-59(53,54)55-3)58-50(52)45-43-41-39-37-35-33-31-29-26-23-21-19-17-15-13-11-9-7-5-2/h19,21,48H,4-18,20,22-47H2,1-3H3,(H,53,54)/b21-19-. The summed E-state index contributed by atoms with van der Waals surface area (Å²) >= 11 is 0. The number of rotatable bonds is 48. The summed E-state index contributed by atoms with van der Waals surface area (Å²) in [6.07, 6.45) is 52.7. The van der Waals surface area contributed by atoms with Crippen molar-refractivity contribution in [1.82, 2.24) is 0 Å². The average Bonchev–Trinajstić information content (AvgIpc) is 3.23. The Labute approximate surface area is 365 Å². The van der Waals surface area contributed by atoms with Gasteiger partial charge in [-0.25, -0.2) is 4.57 Å². The van der Waals surface area contributed by atoms with Crippen LogP contribution < -0.4 is 0 Å². The lowest BCUT2D eigenvalue weighted by Gasteiger charge is -2.19. The Morgan fingerprint density at radius 2 is 0.763 bits per heavy atom. The second kappa shape index (κ2) is 46.3. The number of unbranched alkanes of at least 4 members (excludes halogenated alkanes) is 35. The van der Waals surface area contributed by atoms with Crippen LogP contribution in [0, 0.1) is 0 Å². The van der Waals surface area contributed by atoms with E-state index in [1.807, 2.05) is 0 Å². The molecule has 0 radical (unpaired) electrons. The Kier molecular flexibility index (Phi) is 45.3. The second-order valence-corrected chi connectivity index (χ2v) is 18.9. The van der Waals surface area contributed by atoms with E-state index in [0.717, 1.165) is 39.2 Å². The summed E-state index contributed by atoms with van der Waals surface area (Å²) in [6.45, 7) is 3.93. The maximum atomic E-state index is 12.6. The molecule has 59 heavy (non-hydrogen) atoms. The van der Waals surface area contributed by atoms with Crippen molar-refractivity contribution in [3.05, 3.63) is 12.2 Å². The monoisotopic (exact) mass is 857 g/mol. The second-order valence-electron chi connectivity index (χ2n) is 17.3. The van der Waals surface area contributed by atoms with Crippen molar-refractivity contribution in [2.45, 2.75) is 277 Å². The first kappa shape index (κ1) is 57.8. The topological polar surface area (TPSA) is 108 Å². The number of carbonyl (C=O) groups excluding carboxylic acids is 2. The van der Waals surface area contributed by atoms with Crippen LogP contribution in [-0.4, -0.2) is 43.3 Å². The normalized spacial score (nSPS) is 13.2. The molecule has 0 amide bonds. The highest BCUT2D eigenvalue weighted by Crippen LogP contribution is 2.42. The van der Waals surface area contributed by atoms with E-state index in [-0.39, 0.29) is 19.0 Å². The van der Waals surface area contributed by atoms with Gasteiger partial charge in [-0.15, -0.1) is 0 Å². The molecule has 0 aliphatic rings. The van der Waals surface area contributed by atoms with Gasteiger partial charge in [0.05, 0.1) is 6.61 Å². The Hall–Kier alpha value is -1.21. The zero-order valence-electron chi connectivity index (χ0n) is 39.2. The minimum absolute atomic E-state index is 0.219. The minimum Gasteiger partial charge on any atom is -0.462 e. The first-order valence-corrected chi connectivity index (χ1v) is 26.9. The number of esters is 2. The molecule has 0 aromatic carbocycles. The fourth-order valence-electron chi connectivity index (χ4n) is 7.60. The largest absolute Gasteiger partial charge is 0.472 e. The fraction of sp³-hybridized carbons (Fsp3) is 0.920. The van der Waals surface area contributed by atoms with Crippen LogP contribution in [0.2, 0.25) is 0 Å². The molecule has 0 rings (SSSR count). The molecule has 0 spiro atoms. The quantitative estimate of drug-likeness (QED) is 0.0279. The number of hydrogen-bond acceptors (Lipinski definition) is 7. The van der Waals surface area contributed by atoms with Crippen LogP contribution in [0.4, 0.5) is 0 Å². The SMILES string of the molecule is CCCCCCCC/C=C\CCCCCCCCCCCC(=O)OC(COC(=O)CCCCCCCCCCCCCCCCCCCCCCC)COP(=O)(O)OC. The zero-order chi connectivity index (χ0) is 43.2. The minimum atomic E-state index is -4.26. The van der Waals surface area contributed by atoms with E-state index in [0.29, 0.717) is 12.8 Å². The third-order valence-electron chi connectivity index (χ3n) is 11.5. The van der Waals surface area contributed by atoms with E-state index >= 15 is 0 Å². The Morgan fingerprint density at radius 1 is 0.458 bits per heavy atom. The van der Waals surface area contributed by atoms with Gasteiger partial charge in [0, 0.05) is 20.0 Å². The molecular formula is C50H97O8P. The molecular weight excluding hydrogens is 760 g/mol. The van der Waals surface area contributed by atoms with E-state index in [9.17, 15) is 19.0 Å². The number of phosphoric ester groups is 1. The smallest absolute Gasteiger partial charge is 0.462 e. The summed E-state index contributed by atoms with van der Waals surface area (Å²) in [6, 6.07) is 0. The van der Waals surface area contributed by atoms with Crippen LogP contribution in [0.15, 0.2) is 12.2 Å². The van der Waals surface area contributed by atoms with Crippen LogP contribution in [0.25, 0.3) is 0 Å². The van der Waals surface area contributed by atoms with Crippen LogP contribution in [0.3, 0.4) is 0 Å². The fourth-order valence-corrected chi connectivity index (χ4v) is 8.06. The van der Waals surface area contributed by atoms with Crippen molar-refractivity contribution in [2.24, 2.45) is 0 Å². The van der Waals surface area contributed by atoms with Crippen LogP contribution in [0.5, 0.6) is 0 Å². The first-order valence-electron chi connectivity index (χ1n) is 25.4. The Balaban J connectivity index is 3.86. The van der Waals surface area contributed by atoms with E-state index in [1.165, 1.54) is 205 Å². The van der Waals surface area contributed by atoms with Gasteiger partial charge in [-0.3, -0.25) is 18.6 Å². The molecule has 0 bridgehead atoms. The number of ether oxygens (including phenoxy) is 2. The lowest BCUT2D eigenvalue weighted by molar-refractivity contribution is -0.161. The number of phosphoric acid groups is 1. The zero-order valence-corrected chi connectivity index (χ0v) is 40.1. The van der Waals surface area contributed by atoms with Gasteiger partial charge in [-0.1, -0.05) is 231 Å². The molecule has 0 fully saturated rings. The highest BCUT2D eigenvalue weighted by Gasteiger charge is 2.24. The number of allylic oxidation sites excluding steroid dienone is 2. The molecule has 350 valence electrons. The highest BCUT2D eigenvalue weighted by molar-refractivity contribution is 7.47. The van der Waals surface area contributed by atoms with Gasteiger partial charge in [-0.05, 0) is 38.5 Å². The highest BCUT2D eigenvalue weighted by atomic mass is 31.2. The molecule has 8 nitrogen and oxygen atoms in total. The van der Waals surface area contributed by atoms with Crippen molar-refractivity contribution >= 4 is 19.8 Å². The molecule has 1 N–H and O–H groups in total. The van der Waals surface area contributed by atoms with Crippen LogP contribution in [-0.2, 0) is 32.7 Å². The molecule has 0 saturated carbocycles. The molecule has 0 aromatic rings. The summed E-state index contributed by atoms with van der Waals surface area (Å²) < 4.78 is 32.1. The molecule has 0 aliphatic heterocycles. The summed E-state index contributed by atoms with van der Waals surface area (Å²) in [4.78, 5) is 34.6. The van der Waals surface area contributed by atoms with Crippen molar-refractivity contribution < 1.29 is 37.6 Å². The van der Waals surface area contributed by atoms with Gasteiger partial charge in [0.2, 0.25) is 0 Å². The number of carbonyl (C=O) groups is 2. The molecule has 0 aromatic heterocycles. The van der Waals surface area contributed by atoms with E-state index in [4.69, 9.17) is 14.0 Å². The summed E-state index contributed by atoms with van der Waals surface area (Å²) in [5.41, 5.74) is 0. The molecule has 0 aliphatic carbocycles. The van der Waals surface area contributed by atoms with Gasteiger partial charge in [0.15, 0.2) is 6.10 Å². The third-order valence-corrected chi connectivity index (χ3v) is 12.4. The summed E-state index contributed by atoms with van der Waals surface area (Å²) in [5.74, 6) is -0.788. The summed E-state index contributed by atoms with van der Waals surface area (Å²) in [7, 11) is -3.19. The Morgan fingerprint density at radius 3 is 1.10 bits per heavy atom. The van der Waals surface area contributed by atoms with E-state index < -0.39 is 26.5 Å². The molecule has 0 heterocycles. The average molecular weight is 857 g/mol. The van der Waals surface area contributed by atoms with Gasteiger partial charge in [0.1, 0.15) is 6.61 Å². The third kappa shape index (κ3) is 46.1. The predicted molar refractivity (Wildman–Crippen MR) is 249 cm³/mol. The van der Waals surface area contributed by atoms with Gasteiger partial charge < -0.3 is 14.4 Å². The summed E-state index contributed by atoms with van der Waals surface area (Å²) in [5, 5.41) is 0. The molecule has 9 heteroatoms.